The lowest BCUT2D eigenvalue weighted by atomic mass is 10.1. The first kappa shape index (κ1) is 14.2. The summed E-state index contributed by atoms with van der Waals surface area (Å²) in [4.78, 5) is 2.41. The molecule has 2 unspecified atom stereocenters. The highest BCUT2D eigenvalue weighted by Crippen LogP contribution is 2.14. The van der Waals surface area contributed by atoms with Crippen molar-refractivity contribution < 1.29 is 0 Å². The average Bonchev–Trinajstić information content (AvgIpc) is 2.60. The van der Waals surface area contributed by atoms with Gasteiger partial charge in [-0.15, -0.1) is 12.4 Å². The van der Waals surface area contributed by atoms with Crippen LogP contribution in [-0.4, -0.2) is 30.6 Å². The predicted molar refractivity (Wildman–Crippen MR) is 76.3 cm³/mol. The van der Waals surface area contributed by atoms with E-state index in [1.165, 1.54) is 5.56 Å². The molecule has 1 aliphatic heterocycles. The monoisotopic (exact) mass is 252 g/mol. The summed E-state index contributed by atoms with van der Waals surface area (Å²) in [7, 11) is 0. The zero-order valence-electron chi connectivity index (χ0n) is 10.3. The van der Waals surface area contributed by atoms with Crippen LogP contribution in [0.3, 0.4) is 0 Å². The second-order valence-corrected chi connectivity index (χ2v) is 4.67. The summed E-state index contributed by atoms with van der Waals surface area (Å²) in [5, 5.41) is 0. The molecule has 1 fully saturated rings. The van der Waals surface area contributed by atoms with E-state index in [1.807, 2.05) is 6.07 Å². The Morgan fingerprint density at radius 3 is 2.59 bits per heavy atom. The molecule has 0 amide bonds. The lowest BCUT2D eigenvalue weighted by Crippen LogP contribution is -2.28. The fourth-order valence-electron chi connectivity index (χ4n) is 2.15. The van der Waals surface area contributed by atoms with Crippen molar-refractivity contribution in [1.82, 2.24) is 4.90 Å². The van der Waals surface area contributed by atoms with Crippen LogP contribution >= 0.6 is 12.4 Å². The number of rotatable bonds is 3. The molecule has 1 heterocycles. The summed E-state index contributed by atoms with van der Waals surface area (Å²) in [5.41, 5.74) is 7.25. The average molecular weight is 253 g/mol. The van der Waals surface area contributed by atoms with Crippen LogP contribution in [-0.2, 0) is 0 Å². The molecule has 1 aliphatic rings. The van der Waals surface area contributed by atoms with Gasteiger partial charge in [0.05, 0.1) is 0 Å². The number of halogens is 1. The maximum Gasteiger partial charge on any atom is 0.0206 e. The SMILES string of the molecule is CC1CN(C/C=C/c2ccccc2)CC1N.Cl. The summed E-state index contributed by atoms with van der Waals surface area (Å²) in [6.07, 6.45) is 4.40. The van der Waals surface area contributed by atoms with Gasteiger partial charge < -0.3 is 5.73 Å². The Balaban J connectivity index is 0.00000144. The van der Waals surface area contributed by atoms with Crippen LogP contribution in [0.4, 0.5) is 0 Å². The van der Waals surface area contributed by atoms with Gasteiger partial charge in [-0.05, 0) is 11.5 Å². The van der Waals surface area contributed by atoms with Crippen molar-refractivity contribution in [2.24, 2.45) is 11.7 Å². The molecule has 1 aromatic carbocycles. The van der Waals surface area contributed by atoms with Gasteiger partial charge in [-0.25, -0.2) is 0 Å². The maximum absolute atomic E-state index is 5.99. The van der Waals surface area contributed by atoms with Gasteiger partial charge in [0.1, 0.15) is 0 Å². The zero-order valence-corrected chi connectivity index (χ0v) is 11.1. The molecule has 2 N–H and O–H groups in total. The molecule has 1 saturated heterocycles. The Morgan fingerprint density at radius 2 is 2.00 bits per heavy atom. The Labute approximate surface area is 110 Å². The van der Waals surface area contributed by atoms with E-state index in [9.17, 15) is 0 Å². The van der Waals surface area contributed by atoms with Crippen LogP contribution in [0.5, 0.6) is 0 Å². The van der Waals surface area contributed by atoms with Gasteiger partial charge in [0.2, 0.25) is 0 Å². The van der Waals surface area contributed by atoms with Crippen LogP contribution in [0.25, 0.3) is 6.08 Å². The topological polar surface area (TPSA) is 29.3 Å². The smallest absolute Gasteiger partial charge is 0.0206 e. The van der Waals surface area contributed by atoms with Crippen molar-refractivity contribution in [3.63, 3.8) is 0 Å². The molecule has 2 nitrogen and oxygen atoms in total. The second-order valence-electron chi connectivity index (χ2n) is 4.67. The van der Waals surface area contributed by atoms with Crippen molar-refractivity contribution in [1.29, 1.82) is 0 Å². The number of hydrogen-bond acceptors (Lipinski definition) is 2. The van der Waals surface area contributed by atoms with Gasteiger partial charge in [0.25, 0.3) is 0 Å². The first-order valence-electron chi connectivity index (χ1n) is 5.95. The molecule has 1 aromatic rings. The van der Waals surface area contributed by atoms with E-state index in [1.54, 1.807) is 0 Å². The largest absolute Gasteiger partial charge is 0.326 e. The number of nitrogens with zero attached hydrogens (tertiary/aromatic N) is 1. The quantitative estimate of drug-likeness (QED) is 0.895. The van der Waals surface area contributed by atoms with Crippen LogP contribution in [0, 0.1) is 5.92 Å². The summed E-state index contributed by atoms with van der Waals surface area (Å²) < 4.78 is 0. The van der Waals surface area contributed by atoms with Crippen molar-refractivity contribution >= 4 is 18.5 Å². The van der Waals surface area contributed by atoms with E-state index in [0.29, 0.717) is 12.0 Å². The molecule has 0 radical (unpaired) electrons. The molecule has 17 heavy (non-hydrogen) atoms. The molecule has 0 aliphatic carbocycles. The Kier molecular flexibility index (Phi) is 5.69. The predicted octanol–water partition coefficient (Wildman–Crippen LogP) is 2.40. The normalized spacial score (nSPS) is 25.1. The number of likely N-dealkylation sites (tertiary alicyclic amines) is 1. The first-order valence-corrected chi connectivity index (χ1v) is 5.95. The Hall–Kier alpha value is -0.830. The lowest BCUT2D eigenvalue weighted by molar-refractivity contribution is 0.363. The van der Waals surface area contributed by atoms with Crippen LogP contribution in [0.2, 0.25) is 0 Å². The lowest BCUT2D eigenvalue weighted by Gasteiger charge is -2.11. The highest BCUT2D eigenvalue weighted by molar-refractivity contribution is 5.85. The van der Waals surface area contributed by atoms with E-state index in [0.717, 1.165) is 19.6 Å². The third-order valence-electron chi connectivity index (χ3n) is 3.22. The van der Waals surface area contributed by atoms with Crippen LogP contribution < -0.4 is 5.73 Å². The minimum absolute atomic E-state index is 0. The molecule has 0 bridgehead atoms. The van der Waals surface area contributed by atoms with Crippen molar-refractivity contribution in [3.05, 3.63) is 42.0 Å². The molecule has 0 aromatic heterocycles. The van der Waals surface area contributed by atoms with Gasteiger partial charge >= 0.3 is 0 Å². The van der Waals surface area contributed by atoms with Gasteiger partial charge in [-0.2, -0.15) is 0 Å². The third-order valence-corrected chi connectivity index (χ3v) is 3.22. The Morgan fingerprint density at radius 1 is 1.29 bits per heavy atom. The second kappa shape index (κ2) is 6.80. The van der Waals surface area contributed by atoms with Gasteiger partial charge in [-0.3, -0.25) is 4.90 Å². The maximum atomic E-state index is 5.99. The fraction of sp³-hybridized carbons (Fsp3) is 0.429. The standard InChI is InChI=1S/C14H20N2.ClH/c1-12-10-16(11-14(12)15)9-5-8-13-6-3-2-4-7-13;/h2-8,12,14H,9-11,15H2,1H3;1H/b8-5+;. The summed E-state index contributed by atoms with van der Waals surface area (Å²) >= 11 is 0. The number of nitrogens with two attached hydrogens (primary N) is 1. The van der Waals surface area contributed by atoms with Crippen LogP contribution in [0.15, 0.2) is 36.4 Å². The van der Waals surface area contributed by atoms with Crippen molar-refractivity contribution in [2.45, 2.75) is 13.0 Å². The molecular formula is C14H21ClN2. The van der Waals surface area contributed by atoms with Crippen LogP contribution in [0.1, 0.15) is 12.5 Å². The highest BCUT2D eigenvalue weighted by Gasteiger charge is 2.25. The minimum atomic E-state index is 0. The Bertz CT molecular complexity index is 340. The summed E-state index contributed by atoms with van der Waals surface area (Å²) in [6, 6.07) is 10.8. The zero-order chi connectivity index (χ0) is 11.4. The number of benzene rings is 1. The van der Waals surface area contributed by atoms with E-state index >= 15 is 0 Å². The van der Waals surface area contributed by atoms with E-state index in [2.05, 4.69) is 48.2 Å². The first-order chi connectivity index (χ1) is 7.75. The molecular weight excluding hydrogens is 232 g/mol. The summed E-state index contributed by atoms with van der Waals surface area (Å²) in [5.74, 6) is 0.630. The third kappa shape index (κ3) is 4.15. The van der Waals surface area contributed by atoms with Gasteiger partial charge in [-0.1, -0.05) is 49.4 Å². The highest BCUT2D eigenvalue weighted by atomic mass is 35.5. The molecule has 0 saturated carbocycles. The summed E-state index contributed by atoms with van der Waals surface area (Å²) in [6.45, 7) is 5.39. The molecule has 2 atom stereocenters. The van der Waals surface area contributed by atoms with Gasteiger partial charge in [0, 0.05) is 25.7 Å². The minimum Gasteiger partial charge on any atom is -0.326 e. The molecule has 3 heteroatoms. The van der Waals surface area contributed by atoms with E-state index < -0.39 is 0 Å². The molecule has 94 valence electrons. The van der Waals surface area contributed by atoms with E-state index in [4.69, 9.17) is 5.73 Å². The van der Waals surface area contributed by atoms with Gasteiger partial charge in [0.15, 0.2) is 0 Å². The van der Waals surface area contributed by atoms with E-state index in [-0.39, 0.29) is 12.4 Å². The van der Waals surface area contributed by atoms with Crippen molar-refractivity contribution in [3.8, 4) is 0 Å². The van der Waals surface area contributed by atoms with Crippen molar-refractivity contribution in [2.75, 3.05) is 19.6 Å². The molecule has 2 rings (SSSR count). The molecule has 0 spiro atoms. The number of hydrogen-bond donors (Lipinski definition) is 1. The fourth-order valence-corrected chi connectivity index (χ4v) is 2.15.